The predicted octanol–water partition coefficient (Wildman–Crippen LogP) is 0.663. The fourth-order valence-electron chi connectivity index (χ4n) is 3.68. The Hall–Kier alpha value is -0.610. The van der Waals surface area contributed by atoms with Crippen molar-refractivity contribution in [2.45, 2.75) is 62.6 Å². The van der Waals surface area contributed by atoms with Crippen molar-refractivity contribution in [1.82, 2.24) is 4.90 Å². The molecule has 2 saturated heterocycles. The first-order valence-corrected chi connectivity index (χ1v) is 6.81. The van der Waals surface area contributed by atoms with Crippen LogP contribution in [0.3, 0.4) is 0 Å². The molecule has 2 saturated carbocycles. The van der Waals surface area contributed by atoms with E-state index in [9.17, 15) is 15.0 Å². The lowest BCUT2D eigenvalue weighted by Crippen LogP contribution is -2.68. The largest absolute Gasteiger partial charge is 0.394 e. The average Bonchev–Trinajstić information content (AvgIpc) is 2.25. The number of aliphatic hydroxyl groups is 2. The van der Waals surface area contributed by atoms with Crippen molar-refractivity contribution < 1.29 is 15.0 Å². The Morgan fingerprint density at radius 1 is 1.24 bits per heavy atom. The normalized spacial score (nSPS) is 41.4. The van der Waals surface area contributed by atoms with Gasteiger partial charge in [0, 0.05) is 12.0 Å². The van der Waals surface area contributed by atoms with E-state index in [1.54, 1.807) is 0 Å². The minimum Gasteiger partial charge on any atom is -0.394 e. The first kappa shape index (κ1) is 11.5. The molecule has 4 fully saturated rings. The van der Waals surface area contributed by atoms with Crippen LogP contribution >= 0.6 is 0 Å². The molecular formula is C13H21NO3. The summed E-state index contributed by atoms with van der Waals surface area (Å²) < 4.78 is 0. The molecule has 4 heteroatoms. The van der Waals surface area contributed by atoms with Crippen LogP contribution in [0, 0.1) is 5.92 Å². The van der Waals surface area contributed by atoms with E-state index in [0.717, 1.165) is 44.9 Å². The van der Waals surface area contributed by atoms with E-state index in [1.165, 1.54) is 0 Å². The molecular weight excluding hydrogens is 218 g/mol. The van der Waals surface area contributed by atoms with Crippen LogP contribution in [0.15, 0.2) is 0 Å². The second-order valence-electron chi connectivity index (χ2n) is 5.91. The van der Waals surface area contributed by atoms with Gasteiger partial charge in [-0.15, -0.1) is 0 Å². The maximum absolute atomic E-state index is 12.4. The van der Waals surface area contributed by atoms with Gasteiger partial charge in [0.25, 0.3) is 0 Å². The quantitative estimate of drug-likeness (QED) is 0.744. The second kappa shape index (κ2) is 3.95. The number of piperidine rings is 2. The Balaban J connectivity index is 1.84. The van der Waals surface area contributed by atoms with Crippen molar-refractivity contribution in [3.63, 3.8) is 0 Å². The molecule has 0 spiro atoms. The van der Waals surface area contributed by atoms with Gasteiger partial charge in [-0.05, 0) is 38.5 Å². The standard InChI is InChI=1S/C13H21NO3/c15-8-11-13(17)6-4-10(5-7-13)14(11)12(16)9-2-1-3-9/h9-11,15,17H,1-8H2. The summed E-state index contributed by atoms with van der Waals surface area (Å²) in [5, 5.41) is 20.0. The Bertz CT molecular complexity index is 319. The molecule has 2 aliphatic heterocycles. The molecule has 1 atom stereocenters. The van der Waals surface area contributed by atoms with Crippen LogP contribution in [0.25, 0.3) is 0 Å². The van der Waals surface area contributed by atoms with Gasteiger partial charge in [-0.3, -0.25) is 4.79 Å². The lowest BCUT2D eigenvalue weighted by molar-refractivity contribution is -0.181. The summed E-state index contributed by atoms with van der Waals surface area (Å²) in [4.78, 5) is 14.2. The maximum atomic E-state index is 12.4. The van der Waals surface area contributed by atoms with E-state index in [2.05, 4.69) is 0 Å². The summed E-state index contributed by atoms with van der Waals surface area (Å²) in [5.74, 6) is 0.338. The molecule has 1 amide bonds. The van der Waals surface area contributed by atoms with Crippen LogP contribution < -0.4 is 0 Å². The van der Waals surface area contributed by atoms with Gasteiger partial charge in [0.1, 0.15) is 0 Å². The van der Waals surface area contributed by atoms with Gasteiger partial charge in [0.05, 0.1) is 18.2 Å². The summed E-state index contributed by atoms with van der Waals surface area (Å²) in [7, 11) is 0. The fourth-order valence-corrected chi connectivity index (χ4v) is 3.68. The molecule has 0 aromatic heterocycles. The van der Waals surface area contributed by atoms with Crippen LogP contribution in [0.4, 0.5) is 0 Å². The van der Waals surface area contributed by atoms with Crippen molar-refractivity contribution in [2.75, 3.05) is 6.61 Å². The first-order chi connectivity index (χ1) is 8.15. The van der Waals surface area contributed by atoms with E-state index in [-0.39, 0.29) is 30.5 Å². The van der Waals surface area contributed by atoms with E-state index in [4.69, 9.17) is 0 Å². The zero-order valence-corrected chi connectivity index (χ0v) is 10.1. The molecule has 2 aliphatic carbocycles. The van der Waals surface area contributed by atoms with E-state index < -0.39 is 5.60 Å². The monoisotopic (exact) mass is 239 g/mol. The number of amides is 1. The maximum Gasteiger partial charge on any atom is 0.226 e. The third-order valence-corrected chi connectivity index (χ3v) is 5.05. The van der Waals surface area contributed by atoms with Crippen molar-refractivity contribution >= 4 is 5.91 Å². The number of carbonyl (C=O) groups excluding carboxylic acids is 1. The molecule has 2 N–H and O–H groups in total. The predicted molar refractivity (Wildman–Crippen MR) is 62.3 cm³/mol. The number of aliphatic hydroxyl groups excluding tert-OH is 1. The molecule has 0 aromatic rings. The van der Waals surface area contributed by atoms with Crippen LogP contribution in [0.2, 0.25) is 0 Å². The van der Waals surface area contributed by atoms with Gasteiger partial charge in [-0.25, -0.2) is 0 Å². The number of hydrogen-bond donors (Lipinski definition) is 2. The highest BCUT2D eigenvalue weighted by atomic mass is 16.3. The van der Waals surface area contributed by atoms with Gasteiger partial charge >= 0.3 is 0 Å². The van der Waals surface area contributed by atoms with Crippen molar-refractivity contribution in [3.8, 4) is 0 Å². The van der Waals surface area contributed by atoms with E-state index in [0.29, 0.717) is 0 Å². The lowest BCUT2D eigenvalue weighted by Gasteiger charge is -2.56. The van der Waals surface area contributed by atoms with Crippen molar-refractivity contribution in [3.05, 3.63) is 0 Å². The second-order valence-corrected chi connectivity index (χ2v) is 5.91. The van der Waals surface area contributed by atoms with Crippen molar-refractivity contribution in [1.29, 1.82) is 0 Å². The highest BCUT2D eigenvalue weighted by Crippen LogP contribution is 2.44. The first-order valence-electron chi connectivity index (χ1n) is 6.81. The van der Waals surface area contributed by atoms with E-state index >= 15 is 0 Å². The lowest BCUT2D eigenvalue weighted by atomic mass is 9.70. The van der Waals surface area contributed by atoms with Gasteiger partial charge in [-0.1, -0.05) is 6.42 Å². The minimum absolute atomic E-state index is 0.106. The van der Waals surface area contributed by atoms with Crippen LogP contribution in [-0.4, -0.2) is 45.3 Å². The van der Waals surface area contributed by atoms with Crippen molar-refractivity contribution in [2.24, 2.45) is 5.92 Å². The zero-order valence-electron chi connectivity index (χ0n) is 10.1. The van der Waals surface area contributed by atoms with E-state index in [1.807, 2.05) is 4.90 Å². The molecule has 4 aliphatic rings. The highest BCUT2D eigenvalue weighted by Gasteiger charge is 2.53. The Labute approximate surface area is 102 Å². The summed E-state index contributed by atoms with van der Waals surface area (Å²) >= 11 is 0. The molecule has 17 heavy (non-hydrogen) atoms. The Morgan fingerprint density at radius 2 is 1.88 bits per heavy atom. The molecule has 0 aromatic carbocycles. The molecule has 0 radical (unpaired) electrons. The highest BCUT2D eigenvalue weighted by molar-refractivity contribution is 5.80. The number of fused-ring (bicyclic) bond motifs is 3. The molecule has 96 valence electrons. The Kier molecular flexibility index (Phi) is 2.67. The molecule has 4 rings (SSSR count). The van der Waals surface area contributed by atoms with Gasteiger partial charge in [-0.2, -0.15) is 0 Å². The molecule has 2 heterocycles. The van der Waals surface area contributed by atoms with Gasteiger partial charge < -0.3 is 15.1 Å². The summed E-state index contributed by atoms with van der Waals surface area (Å²) in [5.41, 5.74) is -0.830. The molecule has 1 unspecified atom stereocenters. The smallest absolute Gasteiger partial charge is 0.226 e. The summed E-state index contributed by atoms with van der Waals surface area (Å²) in [6, 6.07) is -0.0997. The molecule has 2 bridgehead atoms. The zero-order chi connectivity index (χ0) is 12.0. The number of hydrogen-bond acceptors (Lipinski definition) is 3. The third-order valence-electron chi connectivity index (χ3n) is 5.05. The average molecular weight is 239 g/mol. The van der Waals surface area contributed by atoms with Crippen LogP contribution in [-0.2, 0) is 4.79 Å². The fraction of sp³-hybridized carbons (Fsp3) is 0.923. The number of carbonyl (C=O) groups is 1. The SMILES string of the molecule is O=C(C1CCC1)N1C2CCC(O)(CC2)C1CO. The van der Waals surface area contributed by atoms with Crippen LogP contribution in [0.1, 0.15) is 44.9 Å². The Morgan fingerprint density at radius 3 is 2.35 bits per heavy atom. The molecule has 4 nitrogen and oxygen atoms in total. The minimum atomic E-state index is -0.830. The summed E-state index contributed by atoms with van der Waals surface area (Å²) in [6.45, 7) is -0.106. The topological polar surface area (TPSA) is 60.8 Å². The van der Waals surface area contributed by atoms with Gasteiger partial charge in [0.15, 0.2) is 0 Å². The van der Waals surface area contributed by atoms with Crippen LogP contribution in [0.5, 0.6) is 0 Å². The number of rotatable bonds is 2. The summed E-state index contributed by atoms with van der Waals surface area (Å²) in [6.07, 6.45) is 6.37. The third kappa shape index (κ3) is 1.61. The number of nitrogens with zero attached hydrogens (tertiary/aromatic N) is 1. The van der Waals surface area contributed by atoms with Gasteiger partial charge in [0.2, 0.25) is 5.91 Å².